The van der Waals surface area contributed by atoms with Crippen LogP contribution >= 0.6 is 0 Å². The zero-order valence-corrected chi connectivity index (χ0v) is 17.6. The smallest absolute Gasteiger partial charge is 0.331 e. The summed E-state index contributed by atoms with van der Waals surface area (Å²) in [6, 6.07) is 9.00. The predicted octanol–water partition coefficient (Wildman–Crippen LogP) is 4.16. The van der Waals surface area contributed by atoms with Gasteiger partial charge in [-0.1, -0.05) is 5.16 Å². The lowest BCUT2D eigenvalue weighted by molar-refractivity contribution is 0.254. The number of amides is 1. The van der Waals surface area contributed by atoms with Crippen molar-refractivity contribution in [1.82, 2.24) is 24.6 Å². The number of hydrogen-bond donors (Lipinski definition) is 1. The van der Waals surface area contributed by atoms with E-state index in [1.807, 2.05) is 24.3 Å². The highest BCUT2D eigenvalue weighted by molar-refractivity contribution is 5.98. The molecule has 1 amide bonds. The Bertz CT molecular complexity index is 1320. The van der Waals surface area contributed by atoms with Crippen molar-refractivity contribution in [2.75, 3.05) is 18.9 Å². The van der Waals surface area contributed by atoms with Crippen LogP contribution in [0.25, 0.3) is 10.9 Å². The van der Waals surface area contributed by atoms with E-state index in [0.717, 1.165) is 60.3 Å². The predicted molar refractivity (Wildman–Crippen MR) is 117 cm³/mol. The summed E-state index contributed by atoms with van der Waals surface area (Å²) in [5.74, 6) is 2.97. The summed E-state index contributed by atoms with van der Waals surface area (Å²) in [4.78, 5) is 23.7. The third kappa shape index (κ3) is 3.50. The second-order valence-electron chi connectivity index (χ2n) is 8.42. The number of benzene rings is 1. The van der Waals surface area contributed by atoms with Crippen LogP contribution in [0.2, 0.25) is 0 Å². The molecule has 0 saturated heterocycles. The topological polar surface area (TPSA) is 98.3 Å². The van der Waals surface area contributed by atoms with Gasteiger partial charge >= 0.3 is 6.03 Å². The van der Waals surface area contributed by atoms with Gasteiger partial charge in [0.05, 0.1) is 11.2 Å². The van der Waals surface area contributed by atoms with Crippen molar-refractivity contribution in [2.45, 2.75) is 31.7 Å². The van der Waals surface area contributed by atoms with E-state index in [1.165, 1.54) is 0 Å². The molecule has 1 aliphatic heterocycles. The van der Waals surface area contributed by atoms with Crippen molar-refractivity contribution in [2.24, 2.45) is 0 Å². The molecule has 1 aliphatic carbocycles. The lowest BCUT2D eigenvalue weighted by atomic mass is 10.1. The van der Waals surface area contributed by atoms with E-state index in [1.54, 1.807) is 23.2 Å². The summed E-state index contributed by atoms with van der Waals surface area (Å²) in [6.45, 7) is 1.74. The number of fused-ring (bicyclic) bond motifs is 2. The highest BCUT2D eigenvalue weighted by atomic mass is 16.5. The standard InChI is InChI=1S/C23H22N6O3/c1-28-8-7-17-18(12-28)24-13-25-22(17)31-16-4-5-19-15(10-16)6-9-29(19)23(30)26-21-11-20(32-27-21)14-2-3-14/h4-6,9-11,13-14H,2-3,7-8,12H2,1H3,(H,26,27,30). The molecule has 4 aromatic rings. The Morgan fingerprint density at radius 2 is 2.12 bits per heavy atom. The molecule has 1 saturated carbocycles. The maximum absolute atomic E-state index is 12.8. The number of ether oxygens (including phenoxy) is 1. The van der Waals surface area contributed by atoms with Gasteiger partial charge in [-0.3, -0.25) is 9.88 Å². The second-order valence-corrected chi connectivity index (χ2v) is 8.42. The van der Waals surface area contributed by atoms with Crippen LogP contribution in [-0.2, 0) is 13.0 Å². The maximum Gasteiger partial charge on any atom is 0.331 e. The van der Waals surface area contributed by atoms with Gasteiger partial charge in [0.15, 0.2) is 5.82 Å². The molecule has 0 bridgehead atoms. The lowest BCUT2D eigenvalue weighted by Gasteiger charge is -2.24. The molecule has 9 nitrogen and oxygen atoms in total. The van der Waals surface area contributed by atoms with Crippen molar-refractivity contribution in [1.29, 1.82) is 0 Å². The Balaban J connectivity index is 1.22. The molecule has 1 fully saturated rings. The van der Waals surface area contributed by atoms with Gasteiger partial charge in [0, 0.05) is 42.2 Å². The Morgan fingerprint density at radius 1 is 1.22 bits per heavy atom. The average molecular weight is 430 g/mol. The van der Waals surface area contributed by atoms with Gasteiger partial charge in [-0.25, -0.2) is 14.8 Å². The fourth-order valence-electron chi connectivity index (χ4n) is 4.09. The average Bonchev–Trinajstić information content (AvgIpc) is 3.39. The first kappa shape index (κ1) is 19.0. The van der Waals surface area contributed by atoms with E-state index in [9.17, 15) is 4.79 Å². The van der Waals surface area contributed by atoms with Crippen LogP contribution in [-0.4, -0.2) is 44.2 Å². The summed E-state index contributed by atoms with van der Waals surface area (Å²) < 4.78 is 13.0. The molecule has 6 rings (SSSR count). The highest BCUT2D eigenvalue weighted by Gasteiger charge is 2.28. The summed E-state index contributed by atoms with van der Waals surface area (Å²) >= 11 is 0. The molecule has 162 valence electrons. The quantitative estimate of drug-likeness (QED) is 0.519. The normalized spacial score (nSPS) is 16.2. The van der Waals surface area contributed by atoms with Crippen LogP contribution in [0.5, 0.6) is 11.6 Å². The number of rotatable bonds is 4. The molecular formula is C23H22N6O3. The van der Waals surface area contributed by atoms with E-state index in [4.69, 9.17) is 9.26 Å². The number of carbonyl (C=O) groups is 1. The Kier molecular flexibility index (Phi) is 4.43. The molecule has 0 spiro atoms. The monoisotopic (exact) mass is 430 g/mol. The maximum atomic E-state index is 12.8. The molecule has 0 unspecified atom stereocenters. The van der Waals surface area contributed by atoms with Crippen molar-refractivity contribution in [3.05, 3.63) is 59.9 Å². The number of nitrogens with one attached hydrogen (secondary N) is 1. The van der Waals surface area contributed by atoms with Crippen molar-refractivity contribution in [3.63, 3.8) is 0 Å². The summed E-state index contributed by atoms with van der Waals surface area (Å²) in [7, 11) is 2.08. The number of aromatic nitrogens is 4. The molecule has 1 N–H and O–H groups in total. The van der Waals surface area contributed by atoms with E-state index < -0.39 is 0 Å². The molecule has 3 aromatic heterocycles. The minimum atomic E-state index is -0.293. The number of carbonyl (C=O) groups excluding carboxylic acids is 1. The van der Waals surface area contributed by atoms with Crippen LogP contribution in [0.4, 0.5) is 10.6 Å². The summed E-state index contributed by atoms with van der Waals surface area (Å²) in [5, 5.41) is 7.64. The van der Waals surface area contributed by atoms with Gasteiger partial charge in [0.25, 0.3) is 0 Å². The fourth-order valence-corrected chi connectivity index (χ4v) is 4.09. The highest BCUT2D eigenvalue weighted by Crippen LogP contribution is 2.40. The first-order valence-corrected chi connectivity index (χ1v) is 10.7. The molecule has 0 atom stereocenters. The molecule has 32 heavy (non-hydrogen) atoms. The molecule has 9 heteroatoms. The van der Waals surface area contributed by atoms with E-state index in [0.29, 0.717) is 23.4 Å². The molecule has 4 heterocycles. The molecule has 2 aliphatic rings. The van der Waals surface area contributed by atoms with Crippen molar-refractivity contribution in [3.8, 4) is 11.6 Å². The van der Waals surface area contributed by atoms with E-state index >= 15 is 0 Å². The third-order valence-corrected chi connectivity index (χ3v) is 6.00. The molecule has 1 aromatic carbocycles. The minimum Gasteiger partial charge on any atom is -0.439 e. The van der Waals surface area contributed by atoms with Crippen LogP contribution in [0.3, 0.4) is 0 Å². The Morgan fingerprint density at radius 3 is 3.00 bits per heavy atom. The first-order valence-electron chi connectivity index (χ1n) is 10.7. The Hall–Kier alpha value is -3.72. The minimum absolute atomic E-state index is 0.293. The molecular weight excluding hydrogens is 408 g/mol. The largest absolute Gasteiger partial charge is 0.439 e. The first-order chi connectivity index (χ1) is 15.6. The van der Waals surface area contributed by atoms with E-state index in [2.05, 4.69) is 32.4 Å². The number of likely N-dealkylation sites (N-methyl/N-ethyl adjacent to an activating group) is 1. The van der Waals surface area contributed by atoms with Crippen molar-refractivity contribution >= 4 is 22.8 Å². The van der Waals surface area contributed by atoms with Gasteiger partial charge in [0.1, 0.15) is 17.8 Å². The second kappa shape index (κ2) is 7.45. The number of nitrogens with zero attached hydrogens (tertiary/aromatic N) is 5. The third-order valence-electron chi connectivity index (χ3n) is 6.00. The van der Waals surface area contributed by atoms with Gasteiger partial charge in [0.2, 0.25) is 5.88 Å². The number of anilines is 1. The van der Waals surface area contributed by atoms with Gasteiger partial charge in [-0.15, -0.1) is 0 Å². The molecule has 0 radical (unpaired) electrons. The van der Waals surface area contributed by atoms with Gasteiger partial charge in [-0.2, -0.15) is 0 Å². The Labute approximate surface area is 184 Å². The van der Waals surface area contributed by atoms with Crippen LogP contribution in [0.15, 0.2) is 47.4 Å². The van der Waals surface area contributed by atoms with Crippen LogP contribution in [0, 0.1) is 0 Å². The van der Waals surface area contributed by atoms with Crippen molar-refractivity contribution < 1.29 is 14.1 Å². The lowest BCUT2D eigenvalue weighted by Crippen LogP contribution is -2.27. The van der Waals surface area contributed by atoms with Crippen LogP contribution in [0.1, 0.15) is 35.8 Å². The zero-order chi connectivity index (χ0) is 21.7. The number of hydrogen-bond acceptors (Lipinski definition) is 7. The van der Waals surface area contributed by atoms with E-state index in [-0.39, 0.29) is 6.03 Å². The SMILES string of the molecule is CN1CCc2c(ncnc2Oc2ccc3c(ccn3C(=O)Nc3cc(C4CC4)on3)c2)C1. The summed E-state index contributed by atoms with van der Waals surface area (Å²) in [6.07, 6.45) is 6.36. The van der Waals surface area contributed by atoms with Gasteiger partial charge < -0.3 is 14.2 Å². The summed E-state index contributed by atoms with van der Waals surface area (Å²) in [5.41, 5.74) is 2.83. The fraction of sp³-hybridized carbons (Fsp3) is 0.304. The van der Waals surface area contributed by atoms with Crippen LogP contribution < -0.4 is 10.1 Å². The van der Waals surface area contributed by atoms with Gasteiger partial charge in [-0.05, 0) is 50.6 Å². The zero-order valence-electron chi connectivity index (χ0n) is 17.6.